The first kappa shape index (κ1) is 12.6. The minimum absolute atomic E-state index is 0.352. The van der Waals surface area contributed by atoms with Gasteiger partial charge in [-0.25, -0.2) is 0 Å². The summed E-state index contributed by atoms with van der Waals surface area (Å²) >= 11 is 0. The first-order valence-electron chi connectivity index (χ1n) is 5.13. The lowest BCUT2D eigenvalue weighted by Gasteiger charge is -2.07. The van der Waals surface area contributed by atoms with Crippen molar-refractivity contribution in [1.29, 1.82) is 0 Å². The molecule has 5 nitrogen and oxygen atoms in total. The van der Waals surface area contributed by atoms with Crippen LogP contribution in [0.1, 0.15) is 11.1 Å². The summed E-state index contributed by atoms with van der Waals surface area (Å²) in [5, 5.41) is 8.67. The molecule has 0 aromatic heterocycles. The van der Waals surface area contributed by atoms with Gasteiger partial charge in [0.1, 0.15) is 6.04 Å². The maximum absolute atomic E-state index is 10.6. The van der Waals surface area contributed by atoms with E-state index in [1.165, 1.54) is 0 Å². The SMILES string of the molecule is NNCCc1ccc(CC(N)C(=O)O)cc1. The fourth-order valence-electron chi connectivity index (χ4n) is 1.40. The van der Waals surface area contributed by atoms with Crippen LogP contribution in [0.5, 0.6) is 0 Å². The van der Waals surface area contributed by atoms with Crippen molar-refractivity contribution in [2.75, 3.05) is 6.54 Å². The summed E-state index contributed by atoms with van der Waals surface area (Å²) < 4.78 is 0. The van der Waals surface area contributed by atoms with Gasteiger partial charge in [0.15, 0.2) is 0 Å². The maximum atomic E-state index is 10.6. The molecule has 1 aromatic carbocycles. The lowest BCUT2D eigenvalue weighted by molar-refractivity contribution is -0.138. The molecule has 0 saturated heterocycles. The molecule has 88 valence electrons. The highest BCUT2D eigenvalue weighted by Gasteiger charge is 2.11. The number of rotatable bonds is 6. The summed E-state index contributed by atoms with van der Waals surface area (Å²) in [6.45, 7) is 0.716. The van der Waals surface area contributed by atoms with Crippen LogP contribution in [-0.4, -0.2) is 23.7 Å². The van der Waals surface area contributed by atoms with Crippen LogP contribution in [0.2, 0.25) is 0 Å². The molecule has 0 bridgehead atoms. The average molecular weight is 223 g/mol. The smallest absolute Gasteiger partial charge is 0.320 e. The zero-order valence-electron chi connectivity index (χ0n) is 9.02. The summed E-state index contributed by atoms with van der Waals surface area (Å²) in [5.41, 5.74) is 10.1. The van der Waals surface area contributed by atoms with Gasteiger partial charge in [-0.3, -0.25) is 16.1 Å². The second kappa shape index (κ2) is 6.22. The zero-order chi connectivity index (χ0) is 12.0. The molecule has 0 saturated carbocycles. The molecule has 1 unspecified atom stereocenters. The van der Waals surface area contributed by atoms with Crippen molar-refractivity contribution in [1.82, 2.24) is 5.43 Å². The molecule has 1 rings (SSSR count). The van der Waals surface area contributed by atoms with Gasteiger partial charge in [0.2, 0.25) is 0 Å². The molecule has 0 amide bonds. The summed E-state index contributed by atoms with van der Waals surface area (Å²) in [4.78, 5) is 10.6. The van der Waals surface area contributed by atoms with Crippen molar-refractivity contribution < 1.29 is 9.90 Å². The highest BCUT2D eigenvalue weighted by atomic mass is 16.4. The van der Waals surface area contributed by atoms with E-state index >= 15 is 0 Å². The van der Waals surface area contributed by atoms with Crippen molar-refractivity contribution in [3.63, 3.8) is 0 Å². The molecular weight excluding hydrogens is 206 g/mol. The molecule has 0 aliphatic heterocycles. The molecule has 5 heteroatoms. The van der Waals surface area contributed by atoms with Gasteiger partial charge in [0.25, 0.3) is 0 Å². The summed E-state index contributed by atoms with van der Waals surface area (Å²) in [6, 6.07) is 6.88. The monoisotopic (exact) mass is 223 g/mol. The van der Waals surface area contributed by atoms with Crippen LogP contribution >= 0.6 is 0 Å². The number of nitrogens with two attached hydrogens (primary N) is 2. The van der Waals surface area contributed by atoms with Crippen LogP contribution in [0, 0.1) is 0 Å². The van der Waals surface area contributed by atoms with Crippen molar-refractivity contribution in [3.8, 4) is 0 Å². The molecule has 0 aliphatic rings. The first-order valence-corrected chi connectivity index (χ1v) is 5.13. The van der Waals surface area contributed by atoms with Gasteiger partial charge in [0, 0.05) is 6.54 Å². The number of aliphatic carboxylic acids is 1. The topological polar surface area (TPSA) is 101 Å². The highest BCUT2D eigenvalue weighted by molar-refractivity contribution is 5.73. The number of carboxylic acids is 1. The third-order valence-electron chi connectivity index (χ3n) is 2.35. The van der Waals surface area contributed by atoms with Gasteiger partial charge in [-0.15, -0.1) is 0 Å². The number of carbonyl (C=O) groups is 1. The average Bonchev–Trinajstić information content (AvgIpc) is 2.28. The minimum Gasteiger partial charge on any atom is -0.480 e. The molecular formula is C11H17N3O2. The van der Waals surface area contributed by atoms with E-state index in [4.69, 9.17) is 16.7 Å². The van der Waals surface area contributed by atoms with E-state index in [0.29, 0.717) is 13.0 Å². The Morgan fingerprint density at radius 3 is 2.38 bits per heavy atom. The van der Waals surface area contributed by atoms with E-state index in [2.05, 4.69) is 5.43 Å². The fraction of sp³-hybridized carbons (Fsp3) is 0.364. The Morgan fingerprint density at radius 2 is 1.88 bits per heavy atom. The third kappa shape index (κ3) is 3.98. The minimum atomic E-state index is -0.976. The van der Waals surface area contributed by atoms with Crippen LogP contribution in [0.3, 0.4) is 0 Å². The van der Waals surface area contributed by atoms with Gasteiger partial charge in [-0.2, -0.15) is 0 Å². The molecule has 0 heterocycles. The standard InChI is InChI=1S/C11H17N3O2/c12-10(11(15)16)7-9-3-1-8(2-4-9)5-6-14-13/h1-4,10,14H,5-7,12-13H2,(H,15,16). The van der Waals surface area contributed by atoms with E-state index in [0.717, 1.165) is 17.5 Å². The Kier molecular flexibility index (Phi) is 4.91. The normalized spacial score (nSPS) is 12.4. The Balaban J connectivity index is 2.54. The Hall–Kier alpha value is -1.43. The van der Waals surface area contributed by atoms with E-state index in [1.54, 1.807) is 0 Å². The Morgan fingerprint density at radius 1 is 1.31 bits per heavy atom. The lowest BCUT2D eigenvalue weighted by Crippen LogP contribution is -2.32. The number of hydrazine groups is 1. The molecule has 0 radical (unpaired) electrons. The van der Waals surface area contributed by atoms with Crippen molar-refractivity contribution >= 4 is 5.97 Å². The summed E-state index contributed by atoms with van der Waals surface area (Å²) in [7, 11) is 0. The van der Waals surface area contributed by atoms with Gasteiger partial charge in [0.05, 0.1) is 0 Å². The molecule has 1 atom stereocenters. The van der Waals surface area contributed by atoms with Crippen LogP contribution in [0.4, 0.5) is 0 Å². The summed E-state index contributed by atoms with van der Waals surface area (Å²) in [5.74, 6) is 4.20. The molecule has 0 spiro atoms. The molecule has 0 fully saturated rings. The number of hydrogen-bond acceptors (Lipinski definition) is 4. The van der Waals surface area contributed by atoms with Gasteiger partial charge < -0.3 is 10.8 Å². The van der Waals surface area contributed by atoms with Crippen LogP contribution < -0.4 is 17.0 Å². The summed E-state index contributed by atoms with van der Waals surface area (Å²) in [6.07, 6.45) is 1.20. The predicted octanol–water partition coefficient (Wildman–Crippen LogP) is -0.353. The van der Waals surface area contributed by atoms with Gasteiger partial charge in [-0.1, -0.05) is 24.3 Å². The third-order valence-corrected chi connectivity index (χ3v) is 2.35. The molecule has 0 aliphatic carbocycles. The lowest BCUT2D eigenvalue weighted by atomic mass is 10.0. The molecule has 6 N–H and O–H groups in total. The van der Waals surface area contributed by atoms with E-state index in [9.17, 15) is 4.79 Å². The molecule has 16 heavy (non-hydrogen) atoms. The van der Waals surface area contributed by atoms with Crippen molar-refractivity contribution in [2.45, 2.75) is 18.9 Å². The van der Waals surface area contributed by atoms with Crippen LogP contribution in [0.15, 0.2) is 24.3 Å². The second-order valence-corrected chi connectivity index (χ2v) is 3.67. The zero-order valence-corrected chi connectivity index (χ0v) is 9.02. The Bertz CT molecular complexity index is 338. The van der Waals surface area contributed by atoms with Crippen LogP contribution in [0.25, 0.3) is 0 Å². The van der Waals surface area contributed by atoms with E-state index < -0.39 is 12.0 Å². The van der Waals surface area contributed by atoms with Gasteiger partial charge >= 0.3 is 5.97 Å². The predicted molar refractivity (Wildman–Crippen MR) is 61.7 cm³/mol. The quantitative estimate of drug-likeness (QED) is 0.390. The number of nitrogens with one attached hydrogen (secondary N) is 1. The number of carboxylic acid groups (broad SMARTS) is 1. The van der Waals surface area contributed by atoms with Crippen LogP contribution in [-0.2, 0) is 17.6 Å². The number of benzene rings is 1. The van der Waals surface area contributed by atoms with E-state index in [-0.39, 0.29) is 0 Å². The largest absolute Gasteiger partial charge is 0.480 e. The molecule has 1 aromatic rings. The number of hydrogen-bond donors (Lipinski definition) is 4. The fourth-order valence-corrected chi connectivity index (χ4v) is 1.40. The maximum Gasteiger partial charge on any atom is 0.320 e. The second-order valence-electron chi connectivity index (χ2n) is 3.67. The van der Waals surface area contributed by atoms with Crippen molar-refractivity contribution in [2.24, 2.45) is 11.6 Å². The highest BCUT2D eigenvalue weighted by Crippen LogP contribution is 2.07. The van der Waals surface area contributed by atoms with Crippen molar-refractivity contribution in [3.05, 3.63) is 35.4 Å². The van der Waals surface area contributed by atoms with Gasteiger partial charge in [-0.05, 0) is 24.0 Å². The first-order chi connectivity index (χ1) is 7.63. The Labute approximate surface area is 94.4 Å². The van der Waals surface area contributed by atoms with E-state index in [1.807, 2.05) is 24.3 Å².